The molecule has 3 rings (SSSR count). The van der Waals surface area contributed by atoms with Gasteiger partial charge in [0, 0.05) is 29.3 Å². The minimum absolute atomic E-state index is 0.0186. The van der Waals surface area contributed by atoms with Gasteiger partial charge in [-0.1, -0.05) is 12.1 Å². The Morgan fingerprint density at radius 3 is 2.08 bits per heavy atom. The number of hydrogen-bond donors (Lipinski definition) is 3. The summed E-state index contributed by atoms with van der Waals surface area (Å²) in [6.07, 6.45) is 3.07. The first kappa shape index (κ1) is 16.2. The summed E-state index contributed by atoms with van der Waals surface area (Å²) in [4.78, 5) is 28.3. The number of phenols is 1. The lowest BCUT2D eigenvalue weighted by atomic mass is 10.2. The first-order chi connectivity index (χ1) is 12.1. The van der Waals surface area contributed by atoms with Crippen LogP contribution in [0.3, 0.4) is 0 Å². The molecule has 2 amide bonds. The van der Waals surface area contributed by atoms with Crippen molar-refractivity contribution in [2.45, 2.75) is 0 Å². The van der Waals surface area contributed by atoms with Crippen molar-refractivity contribution < 1.29 is 14.7 Å². The number of benzene rings is 2. The molecule has 3 aromatic rings. The maximum atomic E-state index is 12.2. The number of pyridine rings is 1. The van der Waals surface area contributed by atoms with Gasteiger partial charge in [-0.3, -0.25) is 14.6 Å². The minimum Gasteiger partial charge on any atom is -0.508 e. The van der Waals surface area contributed by atoms with Gasteiger partial charge in [0.05, 0.1) is 5.56 Å². The molecular weight excluding hydrogens is 318 g/mol. The Kier molecular flexibility index (Phi) is 4.71. The number of anilines is 2. The van der Waals surface area contributed by atoms with Crippen molar-refractivity contribution in [3.8, 4) is 5.75 Å². The average Bonchev–Trinajstić information content (AvgIpc) is 2.63. The summed E-state index contributed by atoms with van der Waals surface area (Å²) in [6, 6.07) is 16.2. The Balaban J connectivity index is 1.71. The van der Waals surface area contributed by atoms with Crippen LogP contribution in [0.4, 0.5) is 11.4 Å². The number of hydrogen-bond acceptors (Lipinski definition) is 4. The van der Waals surface area contributed by atoms with Gasteiger partial charge in [0.25, 0.3) is 11.8 Å². The van der Waals surface area contributed by atoms with Crippen LogP contribution >= 0.6 is 0 Å². The number of phenolic OH excluding ortho intramolecular Hbond substituents is 1. The molecule has 1 heterocycles. The number of nitrogens with one attached hydrogen (secondary N) is 2. The minimum atomic E-state index is -0.355. The van der Waals surface area contributed by atoms with E-state index in [0.717, 1.165) is 0 Å². The predicted molar refractivity (Wildman–Crippen MR) is 94.7 cm³/mol. The quantitative estimate of drug-likeness (QED) is 0.683. The van der Waals surface area contributed by atoms with Crippen molar-refractivity contribution in [3.63, 3.8) is 0 Å². The van der Waals surface area contributed by atoms with Gasteiger partial charge in [-0.05, 0) is 48.5 Å². The maximum Gasteiger partial charge on any atom is 0.257 e. The maximum absolute atomic E-state index is 12.2. The molecule has 0 aliphatic rings. The van der Waals surface area contributed by atoms with E-state index in [4.69, 9.17) is 0 Å². The lowest BCUT2D eigenvalue weighted by Gasteiger charge is -2.09. The fourth-order valence-corrected chi connectivity index (χ4v) is 2.23. The topological polar surface area (TPSA) is 91.3 Å². The van der Waals surface area contributed by atoms with Crippen molar-refractivity contribution in [1.29, 1.82) is 0 Å². The van der Waals surface area contributed by atoms with Crippen molar-refractivity contribution in [1.82, 2.24) is 4.98 Å². The Morgan fingerprint density at radius 1 is 0.800 bits per heavy atom. The van der Waals surface area contributed by atoms with Crippen LogP contribution in [-0.2, 0) is 0 Å². The van der Waals surface area contributed by atoms with Gasteiger partial charge in [-0.25, -0.2) is 0 Å². The molecule has 124 valence electrons. The molecule has 0 radical (unpaired) electrons. The molecule has 3 N–H and O–H groups in total. The van der Waals surface area contributed by atoms with E-state index < -0.39 is 0 Å². The van der Waals surface area contributed by atoms with E-state index in [-0.39, 0.29) is 17.6 Å². The van der Waals surface area contributed by atoms with Crippen molar-refractivity contribution in [2.24, 2.45) is 0 Å². The highest BCUT2D eigenvalue weighted by Crippen LogP contribution is 2.18. The molecule has 0 spiro atoms. The average molecular weight is 333 g/mol. The lowest BCUT2D eigenvalue weighted by Crippen LogP contribution is -2.14. The van der Waals surface area contributed by atoms with E-state index in [1.54, 1.807) is 54.7 Å². The summed E-state index contributed by atoms with van der Waals surface area (Å²) >= 11 is 0. The first-order valence-electron chi connectivity index (χ1n) is 7.54. The fourth-order valence-electron chi connectivity index (χ4n) is 2.23. The molecule has 0 saturated carbocycles. The molecule has 2 aromatic carbocycles. The SMILES string of the molecule is O=C(Nc1cccc(NC(=O)c2cccc(O)c2)c1)c1cccnc1. The molecule has 0 atom stereocenters. The monoisotopic (exact) mass is 333 g/mol. The third kappa shape index (κ3) is 4.20. The predicted octanol–water partition coefficient (Wildman–Crippen LogP) is 3.29. The highest BCUT2D eigenvalue weighted by Gasteiger charge is 2.09. The van der Waals surface area contributed by atoms with E-state index >= 15 is 0 Å². The zero-order valence-corrected chi connectivity index (χ0v) is 13.1. The van der Waals surface area contributed by atoms with Gasteiger partial charge in [-0.2, -0.15) is 0 Å². The highest BCUT2D eigenvalue weighted by molar-refractivity contribution is 6.06. The molecule has 0 unspecified atom stereocenters. The van der Waals surface area contributed by atoms with Crippen molar-refractivity contribution in [2.75, 3.05) is 10.6 Å². The number of nitrogens with zero attached hydrogens (tertiary/aromatic N) is 1. The van der Waals surface area contributed by atoms with Crippen molar-refractivity contribution >= 4 is 23.2 Å². The Bertz CT molecular complexity index is 911. The number of carbonyl (C=O) groups is 2. The van der Waals surface area contributed by atoms with Crippen LogP contribution in [0.5, 0.6) is 5.75 Å². The zero-order chi connectivity index (χ0) is 17.6. The van der Waals surface area contributed by atoms with Crippen LogP contribution in [0.1, 0.15) is 20.7 Å². The van der Waals surface area contributed by atoms with Crippen LogP contribution in [-0.4, -0.2) is 21.9 Å². The second-order valence-corrected chi connectivity index (χ2v) is 5.28. The van der Waals surface area contributed by atoms with Gasteiger partial charge in [0.15, 0.2) is 0 Å². The van der Waals surface area contributed by atoms with Gasteiger partial charge < -0.3 is 15.7 Å². The highest BCUT2D eigenvalue weighted by atomic mass is 16.3. The Morgan fingerprint density at radius 2 is 1.44 bits per heavy atom. The summed E-state index contributed by atoms with van der Waals surface area (Å²) in [6.45, 7) is 0. The van der Waals surface area contributed by atoms with E-state index in [0.29, 0.717) is 22.5 Å². The molecule has 6 heteroatoms. The van der Waals surface area contributed by atoms with Crippen LogP contribution in [0.2, 0.25) is 0 Å². The summed E-state index contributed by atoms with van der Waals surface area (Å²) in [5, 5.41) is 14.9. The normalized spacial score (nSPS) is 10.1. The summed E-state index contributed by atoms with van der Waals surface area (Å²) in [5.41, 5.74) is 1.85. The lowest BCUT2D eigenvalue weighted by molar-refractivity contribution is 0.101. The van der Waals surface area contributed by atoms with E-state index in [1.165, 1.54) is 18.3 Å². The van der Waals surface area contributed by atoms with Crippen LogP contribution < -0.4 is 10.6 Å². The van der Waals surface area contributed by atoms with Gasteiger partial charge in [0.1, 0.15) is 5.75 Å². The second kappa shape index (κ2) is 7.27. The van der Waals surface area contributed by atoms with E-state index in [2.05, 4.69) is 15.6 Å². The van der Waals surface area contributed by atoms with Gasteiger partial charge in [-0.15, -0.1) is 0 Å². The van der Waals surface area contributed by atoms with E-state index in [9.17, 15) is 14.7 Å². The number of carbonyl (C=O) groups excluding carboxylic acids is 2. The number of amides is 2. The van der Waals surface area contributed by atoms with Gasteiger partial charge in [0.2, 0.25) is 0 Å². The molecule has 0 saturated heterocycles. The van der Waals surface area contributed by atoms with Crippen molar-refractivity contribution in [3.05, 3.63) is 84.2 Å². The van der Waals surface area contributed by atoms with E-state index in [1.807, 2.05) is 0 Å². The Hall–Kier alpha value is -3.67. The third-order valence-electron chi connectivity index (χ3n) is 3.41. The molecule has 1 aromatic heterocycles. The molecule has 25 heavy (non-hydrogen) atoms. The zero-order valence-electron chi connectivity index (χ0n) is 13.1. The molecule has 0 bridgehead atoms. The molecular formula is C19H15N3O3. The standard InChI is InChI=1S/C19H15N3O3/c23-17-8-1-4-13(10-17)18(24)21-15-6-2-7-16(11-15)22-19(25)14-5-3-9-20-12-14/h1-12,23H,(H,21,24)(H,22,25). The number of aromatic hydroxyl groups is 1. The van der Waals surface area contributed by atoms with Gasteiger partial charge >= 0.3 is 0 Å². The smallest absolute Gasteiger partial charge is 0.257 e. The van der Waals surface area contributed by atoms with Crippen LogP contribution in [0.25, 0.3) is 0 Å². The number of rotatable bonds is 4. The molecule has 6 nitrogen and oxygen atoms in total. The van der Waals surface area contributed by atoms with Crippen LogP contribution in [0, 0.1) is 0 Å². The third-order valence-corrected chi connectivity index (χ3v) is 3.41. The number of aromatic nitrogens is 1. The summed E-state index contributed by atoms with van der Waals surface area (Å²) < 4.78 is 0. The molecule has 0 aliphatic carbocycles. The largest absolute Gasteiger partial charge is 0.508 e. The first-order valence-corrected chi connectivity index (χ1v) is 7.54. The Labute approximate surface area is 144 Å². The van der Waals surface area contributed by atoms with Crippen LogP contribution in [0.15, 0.2) is 73.1 Å². The summed E-state index contributed by atoms with van der Waals surface area (Å²) in [5.74, 6) is -0.624. The molecule has 0 aliphatic heterocycles. The summed E-state index contributed by atoms with van der Waals surface area (Å²) in [7, 11) is 0. The molecule has 0 fully saturated rings. The fraction of sp³-hybridized carbons (Fsp3) is 0. The second-order valence-electron chi connectivity index (χ2n) is 5.28.